The number of aryl methyl sites for hydroxylation is 1. The number of hydrogen-bond donors (Lipinski definition) is 0. The van der Waals surface area contributed by atoms with Gasteiger partial charge in [0.15, 0.2) is 5.75 Å². The van der Waals surface area contributed by atoms with E-state index in [0.717, 1.165) is 63.8 Å². The highest BCUT2D eigenvalue weighted by molar-refractivity contribution is 6.12. The maximum atomic E-state index is 9.68. The number of nitrogens with zero attached hydrogens (tertiary/aromatic N) is 2. The van der Waals surface area contributed by atoms with Gasteiger partial charge in [-0.15, -0.1) is 0 Å². The summed E-state index contributed by atoms with van der Waals surface area (Å²) < 4.78 is 13.7. The third-order valence-electron chi connectivity index (χ3n) is 4.54. The Kier molecular flexibility index (Phi) is 2.77. The molecule has 0 amide bonds. The van der Waals surface area contributed by atoms with E-state index in [1.807, 2.05) is 24.3 Å². The van der Waals surface area contributed by atoms with Crippen LogP contribution in [0.4, 0.5) is 0 Å². The zero-order chi connectivity index (χ0) is 15.3. The lowest BCUT2D eigenvalue weighted by Crippen LogP contribution is -1.97. The van der Waals surface area contributed by atoms with Gasteiger partial charge in [-0.05, 0) is 12.8 Å². The molecule has 0 N–H and O–H groups in total. The molecule has 0 saturated heterocycles. The predicted octanol–water partition coefficient (Wildman–Crippen LogP) is 3.63. The second-order valence-corrected chi connectivity index (χ2v) is 5.52. The molecule has 4 heteroatoms. The number of aromatic nitrogens is 1. The fraction of sp³-hybridized carbons (Fsp3) is 0.278. The van der Waals surface area contributed by atoms with Gasteiger partial charge in [-0.2, -0.15) is 5.26 Å². The molecule has 3 aromatic rings. The van der Waals surface area contributed by atoms with E-state index < -0.39 is 0 Å². The standard InChI is InChI=1S/C18H16N2O2/c1-21-17-11-6-3-4-7-12(11)18(22-2)16-15(17)13(10-19)14-8-5-9-20(14)16/h3-4,6-7H,5,8-9H2,1-2H3. The summed E-state index contributed by atoms with van der Waals surface area (Å²) in [6.45, 7) is 0.922. The number of hydrogen-bond acceptors (Lipinski definition) is 3. The molecule has 0 radical (unpaired) electrons. The maximum Gasteiger partial charge on any atom is 0.151 e. The van der Waals surface area contributed by atoms with Crippen molar-refractivity contribution in [3.05, 3.63) is 35.5 Å². The Morgan fingerprint density at radius 3 is 2.41 bits per heavy atom. The van der Waals surface area contributed by atoms with Crippen LogP contribution >= 0.6 is 0 Å². The molecular formula is C18H16N2O2. The van der Waals surface area contributed by atoms with Crippen molar-refractivity contribution >= 4 is 21.7 Å². The van der Waals surface area contributed by atoms with Crippen molar-refractivity contribution in [1.29, 1.82) is 5.26 Å². The van der Waals surface area contributed by atoms with Gasteiger partial charge < -0.3 is 14.0 Å². The molecule has 1 aromatic heterocycles. The molecule has 1 aliphatic heterocycles. The van der Waals surface area contributed by atoms with Crippen molar-refractivity contribution in [2.24, 2.45) is 0 Å². The largest absolute Gasteiger partial charge is 0.495 e. The van der Waals surface area contributed by atoms with Crippen molar-refractivity contribution in [2.75, 3.05) is 14.2 Å². The molecule has 2 aromatic carbocycles. The molecule has 110 valence electrons. The Hall–Kier alpha value is -2.67. The lowest BCUT2D eigenvalue weighted by Gasteiger charge is -2.14. The number of fused-ring (bicyclic) bond motifs is 4. The van der Waals surface area contributed by atoms with Crippen molar-refractivity contribution in [3.8, 4) is 17.6 Å². The molecule has 4 nitrogen and oxygen atoms in total. The van der Waals surface area contributed by atoms with Crippen LogP contribution < -0.4 is 9.47 Å². The highest BCUT2D eigenvalue weighted by Gasteiger charge is 2.28. The summed E-state index contributed by atoms with van der Waals surface area (Å²) in [5.41, 5.74) is 2.82. The molecule has 0 saturated carbocycles. The molecule has 0 unspecified atom stereocenters. The monoisotopic (exact) mass is 292 g/mol. The number of benzene rings is 2. The Morgan fingerprint density at radius 1 is 1.09 bits per heavy atom. The molecule has 1 aliphatic rings. The average molecular weight is 292 g/mol. The van der Waals surface area contributed by atoms with E-state index in [1.165, 1.54) is 0 Å². The van der Waals surface area contributed by atoms with Crippen LogP contribution in [-0.2, 0) is 13.0 Å². The normalized spacial score (nSPS) is 13.3. The minimum Gasteiger partial charge on any atom is -0.495 e. The predicted molar refractivity (Wildman–Crippen MR) is 85.6 cm³/mol. The molecule has 2 heterocycles. The zero-order valence-corrected chi connectivity index (χ0v) is 12.6. The van der Waals surface area contributed by atoms with Gasteiger partial charge >= 0.3 is 0 Å². The highest BCUT2D eigenvalue weighted by atomic mass is 16.5. The van der Waals surface area contributed by atoms with E-state index in [1.54, 1.807) is 14.2 Å². The molecule has 0 atom stereocenters. The first kappa shape index (κ1) is 13.0. The summed E-state index contributed by atoms with van der Waals surface area (Å²) in [5.74, 6) is 1.60. The van der Waals surface area contributed by atoms with E-state index >= 15 is 0 Å². The zero-order valence-electron chi connectivity index (χ0n) is 12.6. The SMILES string of the molecule is COc1c2ccccc2c(OC)c2c1c(C#N)c1n2CCC1. The van der Waals surface area contributed by atoms with Gasteiger partial charge in [0.25, 0.3) is 0 Å². The molecular weight excluding hydrogens is 276 g/mol. The second kappa shape index (κ2) is 4.67. The van der Waals surface area contributed by atoms with Crippen LogP contribution in [0.3, 0.4) is 0 Å². The van der Waals surface area contributed by atoms with Crippen LogP contribution in [0.1, 0.15) is 17.7 Å². The maximum absolute atomic E-state index is 9.68. The summed E-state index contributed by atoms with van der Waals surface area (Å²) >= 11 is 0. The van der Waals surface area contributed by atoms with Crippen molar-refractivity contribution in [2.45, 2.75) is 19.4 Å². The van der Waals surface area contributed by atoms with Gasteiger partial charge in [0.1, 0.15) is 11.8 Å². The van der Waals surface area contributed by atoms with E-state index in [-0.39, 0.29) is 0 Å². The van der Waals surface area contributed by atoms with Gasteiger partial charge in [0, 0.05) is 23.0 Å². The van der Waals surface area contributed by atoms with E-state index in [0.29, 0.717) is 0 Å². The van der Waals surface area contributed by atoms with Crippen LogP contribution in [0, 0.1) is 11.3 Å². The van der Waals surface area contributed by atoms with Crippen molar-refractivity contribution < 1.29 is 9.47 Å². The molecule has 0 spiro atoms. The van der Waals surface area contributed by atoms with Crippen LogP contribution in [0.5, 0.6) is 11.5 Å². The van der Waals surface area contributed by atoms with Crippen LogP contribution in [0.25, 0.3) is 21.7 Å². The first-order valence-corrected chi connectivity index (χ1v) is 7.39. The summed E-state index contributed by atoms with van der Waals surface area (Å²) in [6.07, 6.45) is 2.00. The van der Waals surface area contributed by atoms with Gasteiger partial charge in [-0.25, -0.2) is 0 Å². The summed E-state index contributed by atoms with van der Waals surface area (Å²) in [4.78, 5) is 0. The minimum atomic E-state index is 0.730. The summed E-state index contributed by atoms with van der Waals surface area (Å²) in [6, 6.07) is 10.4. The first-order valence-electron chi connectivity index (χ1n) is 7.39. The first-order chi connectivity index (χ1) is 10.8. The molecule has 0 aliphatic carbocycles. The van der Waals surface area contributed by atoms with Crippen molar-refractivity contribution in [1.82, 2.24) is 4.57 Å². The Labute approximate surface area is 128 Å². The third-order valence-corrected chi connectivity index (χ3v) is 4.54. The highest BCUT2D eigenvalue weighted by Crippen LogP contribution is 2.47. The van der Waals surface area contributed by atoms with Crippen LogP contribution in [0.2, 0.25) is 0 Å². The van der Waals surface area contributed by atoms with Gasteiger partial charge in [0.05, 0.1) is 30.7 Å². The average Bonchev–Trinajstić information content (AvgIpc) is 3.13. The van der Waals surface area contributed by atoms with Crippen LogP contribution in [0.15, 0.2) is 24.3 Å². The van der Waals surface area contributed by atoms with Gasteiger partial charge in [-0.3, -0.25) is 0 Å². The fourth-order valence-electron chi connectivity index (χ4n) is 3.72. The molecule has 0 fully saturated rings. The van der Waals surface area contributed by atoms with Crippen molar-refractivity contribution in [3.63, 3.8) is 0 Å². The molecule has 0 bridgehead atoms. The fourth-order valence-corrected chi connectivity index (χ4v) is 3.72. The van der Waals surface area contributed by atoms with E-state index in [2.05, 4.69) is 10.6 Å². The number of ether oxygens (including phenoxy) is 2. The molecule has 4 rings (SSSR count). The number of rotatable bonds is 2. The smallest absolute Gasteiger partial charge is 0.151 e. The summed E-state index contributed by atoms with van der Waals surface area (Å²) in [7, 11) is 3.35. The van der Waals surface area contributed by atoms with E-state index in [9.17, 15) is 5.26 Å². The lowest BCUT2D eigenvalue weighted by molar-refractivity contribution is 0.416. The summed E-state index contributed by atoms with van der Waals surface area (Å²) in [5, 5.41) is 12.6. The molecule has 22 heavy (non-hydrogen) atoms. The Balaban J connectivity index is 2.34. The Bertz CT molecular complexity index is 948. The number of nitriles is 1. The van der Waals surface area contributed by atoms with Gasteiger partial charge in [0.2, 0.25) is 0 Å². The quantitative estimate of drug-likeness (QED) is 0.724. The van der Waals surface area contributed by atoms with E-state index in [4.69, 9.17) is 9.47 Å². The third kappa shape index (κ3) is 1.46. The lowest BCUT2D eigenvalue weighted by atomic mass is 10.0. The second-order valence-electron chi connectivity index (χ2n) is 5.52. The topological polar surface area (TPSA) is 47.2 Å². The number of methoxy groups -OCH3 is 2. The van der Waals surface area contributed by atoms with Crippen LogP contribution in [-0.4, -0.2) is 18.8 Å². The van der Waals surface area contributed by atoms with Gasteiger partial charge in [-0.1, -0.05) is 24.3 Å². The Morgan fingerprint density at radius 2 is 1.77 bits per heavy atom. The minimum absolute atomic E-state index is 0.730.